The van der Waals surface area contributed by atoms with Crippen molar-refractivity contribution in [2.24, 2.45) is 0 Å². The van der Waals surface area contributed by atoms with Gasteiger partial charge in [-0.3, -0.25) is 0 Å². The first kappa shape index (κ1) is 6.95. The smallest absolute Gasteiger partial charge is 0.147 e. The standard InChI is InChI=1S/C4H3Br2N3/c5-2-1-3(7)8-9-4(2)6/h1H,(H2,7,8). The fourth-order valence-electron chi connectivity index (χ4n) is 0.368. The molecule has 0 saturated heterocycles. The molecule has 0 aliphatic carbocycles. The average molecular weight is 253 g/mol. The number of nitrogen functional groups attached to an aromatic ring is 1. The topological polar surface area (TPSA) is 51.8 Å². The molecule has 0 atom stereocenters. The Hall–Kier alpha value is -0.160. The Morgan fingerprint density at radius 2 is 2.00 bits per heavy atom. The van der Waals surface area contributed by atoms with Gasteiger partial charge in [0, 0.05) is 0 Å². The van der Waals surface area contributed by atoms with Crippen LogP contribution in [0.15, 0.2) is 15.1 Å². The van der Waals surface area contributed by atoms with Crippen LogP contribution in [-0.4, -0.2) is 10.2 Å². The fraction of sp³-hybridized carbons (Fsp3) is 0. The second-order valence-corrected chi connectivity index (χ2v) is 3.01. The molecule has 0 bridgehead atoms. The highest BCUT2D eigenvalue weighted by Gasteiger charge is 1.96. The van der Waals surface area contributed by atoms with Gasteiger partial charge in [-0.2, -0.15) is 0 Å². The SMILES string of the molecule is Nc1cc(Br)c(Br)nn1. The molecule has 1 aromatic heterocycles. The molecule has 48 valence electrons. The van der Waals surface area contributed by atoms with Crippen LogP contribution in [-0.2, 0) is 0 Å². The maximum Gasteiger partial charge on any atom is 0.147 e. The number of nitrogens with zero attached hydrogens (tertiary/aromatic N) is 2. The molecular formula is C4H3Br2N3. The lowest BCUT2D eigenvalue weighted by atomic mass is 10.5. The predicted molar refractivity (Wildman–Crippen MR) is 41.8 cm³/mol. The van der Waals surface area contributed by atoms with E-state index in [1.807, 2.05) is 0 Å². The van der Waals surface area contributed by atoms with E-state index in [9.17, 15) is 0 Å². The molecule has 0 aromatic carbocycles. The summed E-state index contributed by atoms with van der Waals surface area (Å²) in [5, 5.41) is 7.26. The van der Waals surface area contributed by atoms with E-state index in [1.54, 1.807) is 6.07 Å². The minimum Gasteiger partial charge on any atom is -0.382 e. The van der Waals surface area contributed by atoms with Crippen molar-refractivity contribution < 1.29 is 0 Å². The third-order valence-corrected chi connectivity index (χ3v) is 2.45. The molecule has 0 radical (unpaired) electrons. The van der Waals surface area contributed by atoms with Gasteiger partial charge in [0.15, 0.2) is 0 Å². The highest BCUT2D eigenvalue weighted by atomic mass is 79.9. The van der Waals surface area contributed by atoms with Crippen molar-refractivity contribution in [2.75, 3.05) is 5.73 Å². The molecule has 0 aliphatic rings. The first-order valence-electron chi connectivity index (χ1n) is 2.14. The van der Waals surface area contributed by atoms with Crippen LogP contribution >= 0.6 is 31.9 Å². The molecule has 0 amide bonds. The molecule has 1 rings (SSSR count). The zero-order valence-electron chi connectivity index (χ0n) is 4.31. The van der Waals surface area contributed by atoms with Crippen LogP contribution in [0.3, 0.4) is 0 Å². The van der Waals surface area contributed by atoms with Gasteiger partial charge in [-0.1, -0.05) is 0 Å². The number of anilines is 1. The number of hydrogen-bond acceptors (Lipinski definition) is 3. The van der Waals surface area contributed by atoms with Crippen molar-refractivity contribution in [3.8, 4) is 0 Å². The van der Waals surface area contributed by atoms with E-state index >= 15 is 0 Å². The van der Waals surface area contributed by atoms with Crippen molar-refractivity contribution in [2.45, 2.75) is 0 Å². The maximum absolute atomic E-state index is 5.30. The quantitative estimate of drug-likeness (QED) is 0.763. The van der Waals surface area contributed by atoms with Gasteiger partial charge in [-0.05, 0) is 37.9 Å². The molecular weight excluding hydrogens is 250 g/mol. The number of halogens is 2. The predicted octanol–water partition coefficient (Wildman–Crippen LogP) is 1.58. The van der Waals surface area contributed by atoms with Gasteiger partial charge in [0.1, 0.15) is 10.4 Å². The van der Waals surface area contributed by atoms with E-state index in [4.69, 9.17) is 5.73 Å². The van der Waals surface area contributed by atoms with Gasteiger partial charge in [-0.25, -0.2) is 0 Å². The maximum atomic E-state index is 5.30. The Bertz CT molecular complexity index is 225. The van der Waals surface area contributed by atoms with Crippen molar-refractivity contribution in [3.05, 3.63) is 15.1 Å². The van der Waals surface area contributed by atoms with Crippen LogP contribution < -0.4 is 5.73 Å². The molecule has 9 heavy (non-hydrogen) atoms. The van der Waals surface area contributed by atoms with E-state index in [0.29, 0.717) is 10.4 Å². The van der Waals surface area contributed by atoms with Gasteiger partial charge in [0.25, 0.3) is 0 Å². The lowest BCUT2D eigenvalue weighted by molar-refractivity contribution is 1.01. The number of hydrogen-bond donors (Lipinski definition) is 1. The second-order valence-electron chi connectivity index (χ2n) is 1.41. The van der Waals surface area contributed by atoms with Crippen LogP contribution in [0, 0.1) is 0 Å². The van der Waals surface area contributed by atoms with Crippen molar-refractivity contribution in [1.29, 1.82) is 0 Å². The summed E-state index contributed by atoms with van der Waals surface area (Å²) in [6.07, 6.45) is 0. The molecule has 5 heteroatoms. The molecule has 0 fully saturated rings. The van der Waals surface area contributed by atoms with Gasteiger partial charge >= 0.3 is 0 Å². The first-order chi connectivity index (χ1) is 4.20. The number of aromatic nitrogens is 2. The minimum absolute atomic E-state index is 0.407. The summed E-state index contributed by atoms with van der Waals surface area (Å²) >= 11 is 6.37. The van der Waals surface area contributed by atoms with Gasteiger partial charge in [0.05, 0.1) is 4.47 Å². The van der Waals surface area contributed by atoms with E-state index in [0.717, 1.165) is 4.47 Å². The van der Waals surface area contributed by atoms with E-state index in [-0.39, 0.29) is 0 Å². The van der Waals surface area contributed by atoms with Crippen LogP contribution in [0.5, 0.6) is 0 Å². The Labute approximate surface area is 68.9 Å². The van der Waals surface area contributed by atoms with E-state index in [1.165, 1.54) is 0 Å². The summed E-state index contributed by atoms with van der Waals surface area (Å²) in [5.41, 5.74) is 5.30. The van der Waals surface area contributed by atoms with E-state index in [2.05, 4.69) is 42.1 Å². The number of nitrogens with two attached hydrogens (primary N) is 1. The van der Waals surface area contributed by atoms with Crippen molar-refractivity contribution in [1.82, 2.24) is 10.2 Å². The van der Waals surface area contributed by atoms with Gasteiger partial charge < -0.3 is 5.73 Å². The fourth-order valence-corrected chi connectivity index (χ4v) is 0.875. The van der Waals surface area contributed by atoms with E-state index < -0.39 is 0 Å². The van der Waals surface area contributed by atoms with Crippen LogP contribution in [0.2, 0.25) is 0 Å². The lowest BCUT2D eigenvalue weighted by Gasteiger charge is -1.92. The molecule has 0 unspecified atom stereocenters. The molecule has 0 saturated carbocycles. The molecule has 2 N–H and O–H groups in total. The second kappa shape index (κ2) is 2.62. The Balaban J connectivity index is 3.17. The lowest BCUT2D eigenvalue weighted by Crippen LogP contribution is -1.92. The van der Waals surface area contributed by atoms with Crippen LogP contribution in [0.1, 0.15) is 0 Å². The number of rotatable bonds is 0. The largest absolute Gasteiger partial charge is 0.382 e. The van der Waals surface area contributed by atoms with Gasteiger partial charge in [-0.15, -0.1) is 10.2 Å². The van der Waals surface area contributed by atoms with Crippen molar-refractivity contribution >= 4 is 37.7 Å². The third kappa shape index (κ3) is 1.62. The van der Waals surface area contributed by atoms with Crippen molar-refractivity contribution in [3.63, 3.8) is 0 Å². The van der Waals surface area contributed by atoms with Crippen LogP contribution in [0.25, 0.3) is 0 Å². The summed E-state index contributed by atoms with van der Waals surface area (Å²) in [5.74, 6) is 0.407. The molecule has 1 aromatic rings. The average Bonchev–Trinajstić information content (AvgIpc) is 1.80. The first-order valence-corrected chi connectivity index (χ1v) is 3.73. The summed E-state index contributed by atoms with van der Waals surface area (Å²) in [6.45, 7) is 0. The van der Waals surface area contributed by atoms with Crippen LogP contribution in [0.4, 0.5) is 5.82 Å². The third-order valence-electron chi connectivity index (χ3n) is 0.725. The monoisotopic (exact) mass is 251 g/mol. The zero-order valence-corrected chi connectivity index (χ0v) is 7.48. The summed E-state index contributed by atoms with van der Waals surface area (Å²) < 4.78 is 1.48. The molecule has 3 nitrogen and oxygen atoms in total. The Morgan fingerprint density at radius 1 is 1.33 bits per heavy atom. The molecule has 0 aliphatic heterocycles. The summed E-state index contributed by atoms with van der Waals surface area (Å²) in [4.78, 5) is 0. The highest BCUT2D eigenvalue weighted by molar-refractivity contribution is 9.13. The zero-order chi connectivity index (χ0) is 6.85. The van der Waals surface area contributed by atoms with Gasteiger partial charge in [0.2, 0.25) is 0 Å². The molecule has 0 spiro atoms. The Kier molecular flexibility index (Phi) is 2.02. The summed E-state index contributed by atoms with van der Waals surface area (Å²) in [7, 11) is 0. The minimum atomic E-state index is 0.407. The Morgan fingerprint density at radius 3 is 2.44 bits per heavy atom. The summed E-state index contributed by atoms with van der Waals surface area (Å²) in [6, 6.07) is 1.68. The molecule has 1 heterocycles. The highest BCUT2D eigenvalue weighted by Crippen LogP contribution is 2.19. The normalized spacial score (nSPS) is 9.56.